The summed E-state index contributed by atoms with van der Waals surface area (Å²) in [5, 5.41) is 0. The first-order valence-corrected chi connectivity index (χ1v) is 10.3. The van der Waals surface area contributed by atoms with Crippen molar-refractivity contribution < 1.29 is 18.0 Å². The number of carbonyl (C=O) groups excluding carboxylic acids is 2. The highest BCUT2D eigenvalue weighted by molar-refractivity contribution is 7.88. The molecule has 0 aliphatic carbocycles. The zero-order valence-corrected chi connectivity index (χ0v) is 15.6. The van der Waals surface area contributed by atoms with Gasteiger partial charge in [-0.1, -0.05) is 13.8 Å². The van der Waals surface area contributed by atoms with Crippen LogP contribution in [-0.2, 0) is 19.6 Å². The number of amides is 2. The van der Waals surface area contributed by atoms with E-state index in [-0.39, 0.29) is 17.7 Å². The molecule has 0 aromatic rings. The van der Waals surface area contributed by atoms with Gasteiger partial charge in [-0.15, -0.1) is 0 Å². The molecule has 2 aliphatic rings. The maximum absolute atomic E-state index is 12.4. The van der Waals surface area contributed by atoms with Gasteiger partial charge in [-0.25, -0.2) is 8.42 Å². The predicted molar refractivity (Wildman–Crippen MR) is 90.9 cm³/mol. The van der Waals surface area contributed by atoms with Crippen molar-refractivity contribution in [3.05, 3.63) is 0 Å². The molecule has 2 saturated heterocycles. The van der Waals surface area contributed by atoms with Gasteiger partial charge in [0.25, 0.3) is 0 Å². The normalized spacial score (nSPS) is 21.3. The minimum atomic E-state index is -3.18. The van der Waals surface area contributed by atoms with E-state index in [0.717, 1.165) is 0 Å². The Balaban J connectivity index is 1.76. The van der Waals surface area contributed by atoms with Crippen LogP contribution in [0.3, 0.4) is 0 Å². The third-order valence-electron chi connectivity index (χ3n) is 4.60. The van der Waals surface area contributed by atoms with Crippen LogP contribution in [0, 0.1) is 5.92 Å². The van der Waals surface area contributed by atoms with Crippen LogP contribution in [0.2, 0.25) is 0 Å². The van der Waals surface area contributed by atoms with Gasteiger partial charge in [0, 0.05) is 58.3 Å². The summed E-state index contributed by atoms with van der Waals surface area (Å²) in [4.78, 5) is 30.0. The summed E-state index contributed by atoms with van der Waals surface area (Å²) < 4.78 is 24.4. The van der Waals surface area contributed by atoms with Crippen LogP contribution >= 0.6 is 0 Å². The molecule has 0 bridgehead atoms. The van der Waals surface area contributed by atoms with E-state index in [4.69, 9.17) is 0 Å². The maximum Gasteiger partial charge on any atom is 0.236 e. The Morgan fingerprint density at radius 2 is 1.38 bits per heavy atom. The molecule has 138 valence electrons. The molecule has 8 nitrogen and oxygen atoms in total. The third-order valence-corrected chi connectivity index (χ3v) is 5.90. The zero-order valence-electron chi connectivity index (χ0n) is 14.8. The Labute approximate surface area is 144 Å². The fourth-order valence-electron chi connectivity index (χ4n) is 3.05. The predicted octanol–water partition coefficient (Wildman–Crippen LogP) is -1.11. The SMILES string of the molecule is CC(C)C(=O)N1CCN(CC(=O)N2CCN(S(C)(=O)=O)CC2)CC1. The van der Waals surface area contributed by atoms with Crippen molar-refractivity contribution in [2.24, 2.45) is 5.92 Å². The minimum absolute atomic E-state index is 0.00400. The largest absolute Gasteiger partial charge is 0.340 e. The Hall–Kier alpha value is -1.19. The maximum atomic E-state index is 12.4. The molecule has 0 aromatic carbocycles. The summed E-state index contributed by atoms with van der Waals surface area (Å²) in [7, 11) is -3.18. The van der Waals surface area contributed by atoms with Gasteiger partial charge in [-0.05, 0) is 0 Å². The molecule has 0 aromatic heterocycles. The quantitative estimate of drug-likeness (QED) is 0.635. The molecule has 2 heterocycles. The van der Waals surface area contributed by atoms with E-state index >= 15 is 0 Å². The molecule has 2 amide bonds. The third kappa shape index (κ3) is 4.90. The zero-order chi connectivity index (χ0) is 17.9. The number of carbonyl (C=O) groups is 2. The molecular weight excluding hydrogens is 332 g/mol. The van der Waals surface area contributed by atoms with E-state index in [1.165, 1.54) is 10.6 Å². The molecule has 2 rings (SSSR count). The summed E-state index contributed by atoms with van der Waals surface area (Å²) in [6.07, 6.45) is 1.20. The van der Waals surface area contributed by atoms with Gasteiger partial charge >= 0.3 is 0 Å². The Kier molecular flexibility index (Phi) is 6.22. The fourth-order valence-corrected chi connectivity index (χ4v) is 3.88. The number of piperazine rings is 2. The molecule has 0 unspecified atom stereocenters. The van der Waals surface area contributed by atoms with Crippen LogP contribution in [0.5, 0.6) is 0 Å². The van der Waals surface area contributed by atoms with Crippen LogP contribution in [-0.4, -0.2) is 104 Å². The summed E-state index contributed by atoms with van der Waals surface area (Å²) in [5.41, 5.74) is 0. The Morgan fingerprint density at radius 3 is 1.83 bits per heavy atom. The van der Waals surface area contributed by atoms with E-state index in [2.05, 4.69) is 4.90 Å². The van der Waals surface area contributed by atoms with Crippen molar-refractivity contribution in [1.82, 2.24) is 19.0 Å². The summed E-state index contributed by atoms with van der Waals surface area (Å²) >= 11 is 0. The van der Waals surface area contributed by atoms with Crippen molar-refractivity contribution >= 4 is 21.8 Å². The molecular formula is C15H28N4O4S. The Bertz CT molecular complexity index is 562. The van der Waals surface area contributed by atoms with Crippen LogP contribution in [0.1, 0.15) is 13.8 Å². The van der Waals surface area contributed by atoms with Gasteiger partial charge in [-0.2, -0.15) is 4.31 Å². The molecule has 0 radical (unpaired) electrons. The Morgan fingerprint density at radius 1 is 0.875 bits per heavy atom. The van der Waals surface area contributed by atoms with E-state index < -0.39 is 10.0 Å². The second kappa shape index (κ2) is 7.79. The highest BCUT2D eigenvalue weighted by Gasteiger charge is 2.28. The topological polar surface area (TPSA) is 81.2 Å². The van der Waals surface area contributed by atoms with E-state index in [1.54, 1.807) is 4.90 Å². The highest BCUT2D eigenvalue weighted by atomic mass is 32.2. The molecule has 9 heteroatoms. The van der Waals surface area contributed by atoms with Crippen LogP contribution in [0.4, 0.5) is 0 Å². The molecule has 24 heavy (non-hydrogen) atoms. The highest BCUT2D eigenvalue weighted by Crippen LogP contribution is 2.09. The van der Waals surface area contributed by atoms with Gasteiger partial charge in [0.2, 0.25) is 21.8 Å². The van der Waals surface area contributed by atoms with Gasteiger partial charge in [-0.3, -0.25) is 14.5 Å². The lowest BCUT2D eigenvalue weighted by Gasteiger charge is -2.37. The number of sulfonamides is 1. The number of hydrogen-bond donors (Lipinski definition) is 0. The lowest BCUT2D eigenvalue weighted by atomic mass is 10.1. The summed E-state index contributed by atoms with van der Waals surface area (Å²) in [6, 6.07) is 0. The van der Waals surface area contributed by atoms with Crippen molar-refractivity contribution in [2.75, 3.05) is 65.2 Å². The first-order valence-electron chi connectivity index (χ1n) is 8.42. The minimum Gasteiger partial charge on any atom is -0.340 e. The smallest absolute Gasteiger partial charge is 0.236 e. The molecule has 2 fully saturated rings. The van der Waals surface area contributed by atoms with E-state index in [1.807, 2.05) is 18.7 Å². The van der Waals surface area contributed by atoms with Gasteiger partial charge in [0.15, 0.2) is 0 Å². The van der Waals surface area contributed by atoms with Gasteiger partial charge in [0.05, 0.1) is 12.8 Å². The monoisotopic (exact) mass is 360 g/mol. The second-order valence-corrected chi connectivity index (χ2v) is 8.78. The molecule has 2 aliphatic heterocycles. The first kappa shape index (κ1) is 19.1. The molecule has 0 spiro atoms. The van der Waals surface area contributed by atoms with Crippen molar-refractivity contribution in [3.63, 3.8) is 0 Å². The number of nitrogens with zero attached hydrogens (tertiary/aromatic N) is 4. The fraction of sp³-hybridized carbons (Fsp3) is 0.867. The summed E-state index contributed by atoms with van der Waals surface area (Å²) in [5.74, 6) is 0.203. The summed E-state index contributed by atoms with van der Waals surface area (Å²) in [6.45, 7) is 8.46. The molecule has 0 atom stereocenters. The average Bonchev–Trinajstić information content (AvgIpc) is 2.54. The average molecular weight is 360 g/mol. The van der Waals surface area contributed by atoms with Crippen LogP contribution in [0.25, 0.3) is 0 Å². The lowest BCUT2D eigenvalue weighted by molar-refractivity contribution is -0.137. The molecule has 0 saturated carbocycles. The standard InChI is InChI=1S/C15H28N4O4S/c1-13(2)15(21)18-6-4-16(5-7-18)12-14(20)17-8-10-19(11-9-17)24(3,22)23/h13H,4-12H2,1-3H3. The first-order chi connectivity index (χ1) is 11.2. The second-order valence-electron chi connectivity index (χ2n) is 6.80. The van der Waals surface area contributed by atoms with Crippen molar-refractivity contribution in [1.29, 1.82) is 0 Å². The number of hydrogen-bond acceptors (Lipinski definition) is 5. The van der Waals surface area contributed by atoms with Crippen molar-refractivity contribution in [2.45, 2.75) is 13.8 Å². The van der Waals surface area contributed by atoms with Crippen LogP contribution in [0.15, 0.2) is 0 Å². The lowest BCUT2D eigenvalue weighted by Crippen LogP contribution is -2.55. The van der Waals surface area contributed by atoms with Crippen molar-refractivity contribution in [3.8, 4) is 0 Å². The number of rotatable bonds is 4. The van der Waals surface area contributed by atoms with Gasteiger partial charge < -0.3 is 9.80 Å². The van der Waals surface area contributed by atoms with E-state index in [0.29, 0.717) is 58.9 Å². The van der Waals surface area contributed by atoms with Gasteiger partial charge in [0.1, 0.15) is 0 Å². The molecule has 0 N–H and O–H groups in total. The van der Waals surface area contributed by atoms with E-state index in [9.17, 15) is 18.0 Å². The van der Waals surface area contributed by atoms with Crippen LogP contribution < -0.4 is 0 Å².